The van der Waals surface area contributed by atoms with Crippen LogP contribution in [0.25, 0.3) is 0 Å². The number of carboxylic acid groups (broad SMARTS) is 1. The molecule has 3 heterocycles. The summed E-state index contributed by atoms with van der Waals surface area (Å²) >= 11 is 0. The molecule has 3 fully saturated rings. The lowest BCUT2D eigenvalue weighted by Crippen LogP contribution is -2.94. The summed E-state index contributed by atoms with van der Waals surface area (Å²) in [5.74, 6) is -1.66. The van der Waals surface area contributed by atoms with Crippen molar-refractivity contribution in [3.05, 3.63) is 0 Å². The van der Waals surface area contributed by atoms with Gasteiger partial charge in [0.1, 0.15) is 11.7 Å². The molecule has 1 spiro atoms. The fourth-order valence-corrected chi connectivity index (χ4v) is 4.02. The molecule has 128 valence electrons. The molecule has 2 saturated heterocycles. The Kier molecular flexibility index (Phi) is 3.33. The predicted octanol–water partition coefficient (Wildman–Crippen LogP) is -5.74. The Morgan fingerprint density at radius 2 is 2.17 bits per heavy atom. The van der Waals surface area contributed by atoms with E-state index in [4.69, 9.17) is 25.1 Å². The van der Waals surface area contributed by atoms with E-state index in [1.807, 2.05) is 0 Å². The second-order valence-corrected chi connectivity index (χ2v) is 6.51. The number of ether oxygens (including phenoxy) is 2. The van der Waals surface area contributed by atoms with Crippen molar-refractivity contribution in [2.24, 2.45) is 11.7 Å². The number of carbonyl (C=O) groups excluding carboxylic acids is 2. The zero-order chi connectivity index (χ0) is 17.2. The van der Waals surface area contributed by atoms with Crippen molar-refractivity contribution >= 4 is 17.9 Å². The van der Waals surface area contributed by atoms with Crippen LogP contribution in [0.5, 0.6) is 0 Å². The number of aliphatic hydroxyl groups is 2. The molecule has 0 radical (unpaired) electrons. The van der Waals surface area contributed by atoms with E-state index >= 15 is 0 Å². The van der Waals surface area contributed by atoms with Crippen LogP contribution in [-0.2, 0) is 19.1 Å². The van der Waals surface area contributed by atoms with Gasteiger partial charge in [0.15, 0.2) is 24.0 Å². The number of rotatable bonds is 0. The fourth-order valence-electron chi connectivity index (χ4n) is 4.02. The first-order chi connectivity index (χ1) is 10.6. The molecule has 0 aromatic rings. The second kappa shape index (κ2) is 4.79. The molecule has 10 heteroatoms. The molecule has 1 aliphatic carbocycles. The van der Waals surface area contributed by atoms with Crippen LogP contribution in [0.3, 0.4) is 0 Å². The van der Waals surface area contributed by atoms with E-state index in [0.717, 1.165) is 6.92 Å². The Balaban J connectivity index is 0.000000354. The molecule has 3 bridgehead atoms. The van der Waals surface area contributed by atoms with Crippen LogP contribution in [0, 0.1) is 5.92 Å². The van der Waals surface area contributed by atoms with Crippen molar-refractivity contribution in [3.63, 3.8) is 0 Å². The van der Waals surface area contributed by atoms with Crippen LogP contribution in [0.1, 0.15) is 20.3 Å². The summed E-state index contributed by atoms with van der Waals surface area (Å²) < 4.78 is 10.8. The van der Waals surface area contributed by atoms with E-state index in [-0.39, 0.29) is 11.9 Å². The minimum absolute atomic E-state index is 0.262. The van der Waals surface area contributed by atoms with E-state index in [0.29, 0.717) is 6.42 Å². The lowest BCUT2D eigenvalue weighted by Gasteiger charge is -2.54. The summed E-state index contributed by atoms with van der Waals surface area (Å²) in [6.07, 6.45) is -3.14. The van der Waals surface area contributed by atoms with Gasteiger partial charge in [0, 0.05) is 5.97 Å². The highest BCUT2D eigenvalue weighted by atomic mass is 16.6. The Morgan fingerprint density at radius 1 is 1.57 bits per heavy atom. The van der Waals surface area contributed by atoms with E-state index in [1.165, 1.54) is 0 Å². The number of guanidine groups is 1. The minimum Gasteiger partial charge on any atom is -0.550 e. The maximum atomic E-state index is 12.1. The maximum Gasteiger partial charge on any atom is 0.343 e. The van der Waals surface area contributed by atoms with Crippen molar-refractivity contribution in [2.75, 3.05) is 0 Å². The number of nitrogens with two attached hydrogens (primary N) is 1. The van der Waals surface area contributed by atoms with Gasteiger partial charge >= 0.3 is 11.9 Å². The fraction of sp³-hybridized carbons (Fsp3) is 0.769. The average Bonchev–Trinajstić information content (AvgIpc) is 2.62. The van der Waals surface area contributed by atoms with Crippen LogP contribution >= 0.6 is 0 Å². The van der Waals surface area contributed by atoms with Crippen molar-refractivity contribution < 1.29 is 39.4 Å². The summed E-state index contributed by atoms with van der Waals surface area (Å²) in [5.41, 5.74) is 3.45. The second-order valence-electron chi connectivity index (χ2n) is 6.51. The summed E-state index contributed by atoms with van der Waals surface area (Å²) in [4.78, 5) is 23.8. The first-order valence-corrected chi connectivity index (χ1v) is 7.20. The topological polar surface area (TPSA) is 168 Å². The van der Waals surface area contributed by atoms with Gasteiger partial charge in [-0.2, -0.15) is 0 Å². The van der Waals surface area contributed by atoms with E-state index in [1.54, 1.807) is 6.92 Å². The Hall–Kier alpha value is -1.91. The van der Waals surface area contributed by atoms with E-state index in [2.05, 4.69) is 10.3 Å². The number of hydrogen-bond donors (Lipinski definition) is 5. The molecule has 0 unspecified atom stereocenters. The Bertz CT molecular complexity index is 588. The molecule has 4 rings (SSSR count). The smallest absolute Gasteiger partial charge is 0.343 e. The van der Waals surface area contributed by atoms with Crippen LogP contribution < -0.4 is 21.1 Å². The molecule has 3 aliphatic heterocycles. The van der Waals surface area contributed by atoms with Gasteiger partial charge in [-0.25, -0.2) is 4.79 Å². The quantitative estimate of drug-likeness (QED) is 0.272. The van der Waals surface area contributed by atoms with Crippen molar-refractivity contribution in [1.29, 1.82) is 0 Å². The van der Waals surface area contributed by atoms with Gasteiger partial charge in [-0.1, -0.05) is 0 Å². The third kappa shape index (κ3) is 2.09. The van der Waals surface area contributed by atoms with Crippen LogP contribution in [0.15, 0.2) is 0 Å². The number of aliphatic carboxylic acids is 1. The predicted molar refractivity (Wildman–Crippen MR) is 70.0 cm³/mol. The SMILES string of the molecule is CC(=O)[O-].C[C@]1(O)C[C@@H]2[C@@H]3[NH+]=C(N)N[C@]24[C@H](O3)C(=O)O[C@H]1[C@H]4O. The van der Waals surface area contributed by atoms with Gasteiger partial charge in [0.05, 0.1) is 5.92 Å². The molecule has 1 saturated carbocycles. The molecule has 6 N–H and O–H groups in total. The number of esters is 1. The minimum atomic E-state index is -1.30. The number of hydrogen-bond acceptors (Lipinski definition) is 9. The average molecular weight is 329 g/mol. The van der Waals surface area contributed by atoms with Crippen LogP contribution in [-0.4, -0.2) is 63.8 Å². The maximum absolute atomic E-state index is 12.1. The summed E-state index contributed by atoms with van der Waals surface area (Å²) in [6.45, 7) is 2.53. The number of nitrogens with one attached hydrogen (secondary N) is 2. The molecular weight excluding hydrogens is 310 g/mol. The standard InChI is InChI=1S/C11H15N3O5.C2H4O2/c1-10(17)2-3-7-13-9(12)14-11(3)4(15)5(10)19-8(16)6(11)18-7;1-2(3)4/h3-7,15,17H,2H2,1H3,(H3,12,13,14);1H3,(H,3,4)/t3-,4-,5+,6-,7-,10+,11-;/m1./s1. The van der Waals surface area contributed by atoms with E-state index < -0.39 is 47.6 Å². The zero-order valence-corrected chi connectivity index (χ0v) is 12.6. The first kappa shape index (κ1) is 16.0. The van der Waals surface area contributed by atoms with Gasteiger partial charge in [-0.3, -0.25) is 16.0 Å². The molecule has 0 amide bonds. The molecule has 10 nitrogen and oxygen atoms in total. The molecule has 7 atom stereocenters. The van der Waals surface area contributed by atoms with Gasteiger partial charge in [0.25, 0.3) is 0 Å². The summed E-state index contributed by atoms with van der Waals surface area (Å²) in [7, 11) is 0. The zero-order valence-electron chi connectivity index (χ0n) is 12.6. The van der Waals surface area contributed by atoms with Crippen LogP contribution in [0.4, 0.5) is 0 Å². The molecule has 0 aromatic heterocycles. The molecule has 4 aliphatic rings. The Labute approximate surface area is 131 Å². The highest BCUT2D eigenvalue weighted by Crippen LogP contribution is 2.52. The number of carbonyl (C=O) groups is 2. The van der Waals surface area contributed by atoms with Crippen LogP contribution in [0.2, 0.25) is 0 Å². The lowest BCUT2D eigenvalue weighted by molar-refractivity contribution is -0.572. The number of carboxylic acids is 1. The van der Waals surface area contributed by atoms with Crippen molar-refractivity contribution in [3.8, 4) is 0 Å². The van der Waals surface area contributed by atoms with E-state index in [9.17, 15) is 15.0 Å². The van der Waals surface area contributed by atoms with Gasteiger partial charge < -0.3 is 29.6 Å². The lowest BCUT2D eigenvalue weighted by atomic mass is 9.61. The monoisotopic (exact) mass is 329 g/mol. The van der Waals surface area contributed by atoms with Gasteiger partial charge in [-0.15, -0.1) is 0 Å². The third-order valence-corrected chi connectivity index (χ3v) is 4.82. The summed E-state index contributed by atoms with van der Waals surface area (Å²) in [5, 5.41) is 32.8. The largest absolute Gasteiger partial charge is 0.550 e. The number of aliphatic hydroxyl groups excluding tert-OH is 1. The van der Waals surface area contributed by atoms with Crippen molar-refractivity contribution in [1.82, 2.24) is 5.32 Å². The molecule has 23 heavy (non-hydrogen) atoms. The summed E-state index contributed by atoms with van der Waals surface area (Å²) in [6, 6.07) is 0. The third-order valence-electron chi connectivity index (χ3n) is 4.82. The highest BCUT2D eigenvalue weighted by molar-refractivity contribution is 5.83. The molecule has 0 aromatic carbocycles. The molecular formula is C13H19N3O7. The number of fused-ring (bicyclic) bond motifs is 1. The van der Waals surface area contributed by atoms with Gasteiger partial charge in [-0.05, 0) is 20.3 Å². The Morgan fingerprint density at radius 3 is 2.78 bits per heavy atom. The normalized spacial score (nSPS) is 49.1. The van der Waals surface area contributed by atoms with Gasteiger partial charge in [0.2, 0.25) is 0 Å². The first-order valence-electron chi connectivity index (χ1n) is 7.20. The highest BCUT2D eigenvalue weighted by Gasteiger charge is 2.77. The van der Waals surface area contributed by atoms with Crippen molar-refractivity contribution in [2.45, 2.75) is 55.9 Å².